The predicted octanol–water partition coefficient (Wildman–Crippen LogP) is 2.81. The first-order valence-electron chi connectivity index (χ1n) is 7.62. The first-order valence-corrected chi connectivity index (χ1v) is 7.62. The van der Waals surface area contributed by atoms with Crippen molar-refractivity contribution in [2.24, 2.45) is 17.1 Å². The second-order valence-electron chi connectivity index (χ2n) is 7.04. The fraction of sp³-hybridized carbons (Fsp3) is 0.750. The quantitative estimate of drug-likeness (QED) is 0.902. The topological polar surface area (TPSA) is 55.0 Å². The summed E-state index contributed by atoms with van der Waals surface area (Å²) in [6.45, 7) is 13.8. The molecule has 0 unspecified atom stereocenters. The Bertz CT molecular complexity index is 468. The zero-order valence-electron chi connectivity index (χ0n) is 13.5. The van der Waals surface area contributed by atoms with Gasteiger partial charge in [-0.25, -0.2) is 0 Å². The van der Waals surface area contributed by atoms with Gasteiger partial charge in [-0.05, 0) is 43.6 Å². The van der Waals surface area contributed by atoms with E-state index in [2.05, 4.69) is 42.8 Å². The van der Waals surface area contributed by atoms with Crippen molar-refractivity contribution < 1.29 is 0 Å². The summed E-state index contributed by atoms with van der Waals surface area (Å²) in [7, 11) is 0. The van der Waals surface area contributed by atoms with Crippen molar-refractivity contribution in [3.63, 3.8) is 0 Å². The lowest BCUT2D eigenvalue weighted by Gasteiger charge is -2.39. The van der Waals surface area contributed by atoms with Gasteiger partial charge in [0.05, 0.1) is 5.69 Å². The van der Waals surface area contributed by atoms with Gasteiger partial charge in [-0.1, -0.05) is 20.8 Å². The summed E-state index contributed by atoms with van der Waals surface area (Å²) in [4.78, 5) is 2.36. The predicted molar refractivity (Wildman–Crippen MR) is 83.8 cm³/mol. The number of aryl methyl sites for hydroxylation is 1. The fourth-order valence-electron chi connectivity index (χ4n) is 3.10. The van der Waals surface area contributed by atoms with Gasteiger partial charge < -0.3 is 10.6 Å². The monoisotopic (exact) mass is 276 g/mol. The summed E-state index contributed by atoms with van der Waals surface area (Å²) in [5.41, 5.74) is 9.66. The van der Waals surface area contributed by atoms with E-state index in [0.717, 1.165) is 36.1 Å². The lowest BCUT2D eigenvalue weighted by molar-refractivity contribution is 0.198. The molecule has 20 heavy (non-hydrogen) atoms. The van der Waals surface area contributed by atoms with E-state index in [1.807, 2.05) is 6.92 Å². The minimum atomic E-state index is 0.400. The number of nitrogens with two attached hydrogens (primary N) is 1. The highest BCUT2D eigenvalue weighted by atomic mass is 15.3. The van der Waals surface area contributed by atoms with E-state index in [0.29, 0.717) is 12.0 Å². The second kappa shape index (κ2) is 5.68. The SMILES string of the molecule is Cc1nnc(N2CCC(C(C)(C)C)CC2)c(CN)c1C. The van der Waals surface area contributed by atoms with Crippen LogP contribution < -0.4 is 10.6 Å². The van der Waals surface area contributed by atoms with Crippen LogP contribution in [0.3, 0.4) is 0 Å². The van der Waals surface area contributed by atoms with Crippen LogP contribution in [-0.4, -0.2) is 23.3 Å². The van der Waals surface area contributed by atoms with Gasteiger partial charge in [0.2, 0.25) is 0 Å². The van der Waals surface area contributed by atoms with Gasteiger partial charge in [0.25, 0.3) is 0 Å². The largest absolute Gasteiger partial charge is 0.355 e. The van der Waals surface area contributed by atoms with Crippen molar-refractivity contribution in [1.29, 1.82) is 0 Å². The average molecular weight is 276 g/mol. The smallest absolute Gasteiger partial charge is 0.156 e. The minimum absolute atomic E-state index is 0.400. The molecule has 4 nitrogen and oxygen atoms in total. The van der Waals surface area contributed by atoms with E-state index in [1.54, 1.807) is 0 Å². The molecule has 0 aromatic carbocycles. The molecule has 1 aromatic rings. The molecule has 0 bridgehead atoms. The second-order valence-corrected chi connectivity index (χ2v) is 7.04. The minimum Gasteiger partial charge on any atom is -0.355 e. The molecule has 112 valence electrons. The number of hydrogen-bond donors (Lipinski definition) is 1. The van der Waals surface area contributed by atoms with Crippen LogP contribution in [0.4, 0.5) is 5.82 Å². The first kappa shape index (κ1) is 15.2. The van der Waals surface area contributed by atoms with E-state index < -0.39 is 0 Å². The van der Waals surface area contributed by atoms with Gasteiger partial charge >= 0.3 is 0 Å². The van der Waals surface area contributed by atoms with Crippen molar-refractivity contribution in [1.82, 2.24) is 10.2 Å². The lowest BCUT2D eigenvalue weighted by atomic mass is 9.75. The maximum absolute atomic E-state index is 5.93. The van der Waals surface area contributed by atoms with Gasteiger partial charge in [-0.3, -0.25) is 0 Å². The molecule has 0 atom stereocenters. The third-order valence-corrected chi connectivity index (χ3v) is 4.78. The summed E-state index contributed by atoms with van der Waals surface area (Å²) < 4.78 is 0. The number of anilines is 1. The van der Waals surface area contributed by atoms with Crippen LogP contribution in [0.2, 0.25) is 0 Å². The van der Waals surface area contributed by atoms with Gasteiger partial charge in [-0.15, -0.1) is 5.10 Å². The Hall–Kier alpha value is -1.16. The molecule has 0 spiro atoms. The summed E-state index contributed by atoms with van der Waals surface area (Å²) in [6.07, 6.45) is 2.45. The Morgan fingerprint density at radius 3 is 2.25 bits per heavy atom. The number of piperidine rings is 1. The maximum atomic E-state index is 5.93. The Morgan fingerprint density at radius 2 is 1.75 bits per heavy atom. The molecular formula is C16H28N4. The molecule has 0 radical (unpaired) electrons. The van der Waals surface area contributed by atoms with Crippen molar-refractivity contribution in [2.75, 3.05) is 18.0 Å². The third-order valence-electron chi connectivity index (χ3n) is 4.78. The van der Waals surface area contributed by atoms with Gasteiger partial charge in [-0.2, -0.15) is 5.10 Å². The van der Waals surface area contributed by atoms with E-state index in [4.69, 9.17) is 5.73 Å². The van der Waals surface area contributed by atoms with Crippen LogP contribution >= 0.6 is 0 Å². The van der Waals surface area contributed by atoms with Crippen LogP contribution in [-0.2, 0) is 6.54 Å². The van der Waals surface area contributed by atoms with Crippen molar-refractivity contribution >= 4 is 5.82 Å². The van der Waals surface area contributed by atoms with Crippen molar-refractivity contribution in [3.05, 3.63) is 16.8 Å². The van der Waals surface area contributed by atoms with Crippen molar-refractivity contribution in [2.45, 2.75) is 54.0 Å². The molecule has 2 heterocycles. The Labute approximate surface area is 122 Å². The van der Waals surface area contributed by atoms with Crippen molar-refractivity contribution in [3.8, 4) is 0 Å². The Kier molecular flexibility index (Phi) is 4.33. The van der Waals surface area contributed by atoms with Crippen LogP contribution in [0.15, 0.2) is 0 Å². The van der Waals surface area contributed by atoms with Gasteiger partial charge in [0.15, 0.2) is 5.82 Å². The number of nitrogens with zero attached hydrogens (tertiary/aromatic N) is 3. The normalized spacial score (nSPS) is 17.6. The van der Waals surface area contributed by atoms with E-state index >= 15 is 0 Å². The molecule has 2 N–H and O–H groups in total. The summed E-state index contributed by atoms with van der Waals surface area (Å²) in [5, 5.41) is 8.70. The van der Waals surface area contributed by atoms with Crippen LogP contribution in [0.1, 0.15) is 50.4 Å². The fourth-order valence-corrected chi connectivity index (χ4v) is 3.10. The molecule has 1 fully saturated rings. The van der Waals surface area contributed by atoms with Crippen LogP contribution in [0.25, 0.3) is 0 Å². The zero-order chi connectivity index (χ0) is 14.9. The van der Waals surface area contributed by atoms with Gasteiger partial charge in [0, 0.05) is 25.2 Å². The average Bonchev–Trinajstić information content (AvgIpc) is 2.41. The zero-order valence-corrected chi connectivity index (χ0v) is 13.5. The first-order chi connectivity index (χ1) is 9.34. The Morgan fingerprint density at radius 1 is 1.15 bits per heavy atom. The molecule has 2 rings (SSSR count). The lowest BCUT2D eigenvalue weighted by Crippen LogP contribution is -2.39. The summed E-state index contributed by atoms with van der Waals surface area (Å²) in [6, 6.07) is 0. The molecule has 4 heteroatoms. The summed E-state index contributed by atoms with van der Waals surface area (Å²) >= 11 is 0. The Balaban J connectivity index is 2.17. The highest BCUT2D eigenvalue weighted by molar-refractivity contribution is 5.50. The van der Waals surface area contributed by atoms with E-state index in [1.165, 1.54) is 18.4 Å². The number of rotatable bonds is 2. The third kappa shape index (κ3) is 2.95. The van der Waals surface area contributed by atoms with Crippen LogP contribution in [0, 0.1) is 25.2 Å². The molecule has 1 saturated heterocycles. The molecule has 0 saturated carbocycles. The standard InChI is InChI=1S/C16H28N4/c1-11-12(2)18-19-15(14(11)10-17)20-8-6-13(7-9-20)16(3,4)5/h13H,6-10,17H2,1-5H3. The molecule has 1 aliphatic heterocycles. The molecule has 0 amide bonds. The number of aromatic nitrogens is 2. The van der Waals surface area contributed by atoms with E-state index in [-0.39, 0.29) is 0 Å². The molecule has 1 aromatic heterocycles. The number of hydrogen-bond acceptors (Lipinski definition) is 4. The van der Waals surface area contributed by atoms with Crippen LogP contribution in [0.5, 0.6) is 0 Å². The maximum Gasteiger partial charge on any atom is 0.156 e. The highest BCUT2D eigenvalue weighted by Gasteiger charge is 2.30. The molecule has 1 aliphatic rings. The highest BCUT2D eigenvalue weighted by Crippen LogP contribution is 2.36. The molecular weight excluding hydrogens is 248 g/mol. The summed E-state index contributed by atoms with van der Waals surface area (Å²) in [5.74, 6) is 1.79. The van der Waals surface area contributed by atoms with Gasteiger partial charge in [0.1, 0.15) is 0 Å². The van der Waals surface area contributed by atoms with E-state index in [9.17, 15) is 0 Å². The molecule has 0 aliphatic carbocycles.